The Morgan fingerprint density at radius 2 is 2.05 bits per heavy atom. The molecule has 1 aromatic carbocycles. The van der Waals surface area contributed by atoms with Gasteiger partial charge in [0.05, 0.1) is 4.92 Å². The molecule has 110 valence electrons. The lowest BCUT2D eigenvalue weighted by molar-refractivity contribution is -0.385. The maximum atomic E-state index is 12.1. The van der Waals surface area contributed by atoms with E-state index < -0.39 is 14.9 Å². The Morgan fingerprint density at radius 1 is 1.29 bits per heavy atom. The van der Waals surface area contributed by atoms with E-state index in [0.29, 0.717) is 0 Å². The number of aromatic nitrogens is 1. The third-order valence-electron chi connectivity index (χ3n) is 2.77. The summed E-state index contributed by atoms with van der Waals surface area (Å²) >= 11 is 0. The van der Waals surface area contributed by atoms with Crippen molar-refractivity contribution in [1.29, 1.82) is 0 Å². The molecule has 0 radical (unpaired) electrons. The highest BCUT2D eigenvalue weighted by molar-refractivity contribution is 7.89. The molecule has 0 amide bonds. The van der Waals surface area contributed by atoms with Crippen molar-refractivity contribution in [2.45, 2.75) is 18.4 Å². The summed E-state index contributed by atoms with van der Waals surface area (Å²) in [4.78, 5) is 13.3. The second-order valence-corrected chi connectivity index (χ2v) is 6.22. The smallest absolute Gasteiger partial charge is 0.258 e. The van der Waals surface area contributed by atoms with Crippen LogP contribution in [-0.4, -0.2) is 18.3 Å². The summed E-state index contributed by atoms with van der Waals surface area (Å²) in [5.41, 5.74) is 1.45. The summed E-state index contributed by atoms with van der Waals surface area (Å²) in [6.45, 7) is 2.01. The van der Waals surface area contributed by atoms with Crippen molar-refractivity contribution >= 4 is 15.7 Å². The van der Waals surface area contributed by atoms with Gasteiger partial charge in [-0.15, -0.1) is 0 Å². The quantitative estimate of drug-likeness (QED) is 0.670. The van der Waals surface area contributed by atoms with Gasteiger partial charge in [0.25, 0.3) is 5.69 Å². The number of hydrogen-bond acceptors (Lipinski definition) is 5. The van der Waals surface area contributed by atoms with Gasteiger partial charge in [-0.1, -0.05) is 29.8 Å². The standard InChI is InChI=1S/C13H13N3O4S/c1-10-3-2-4-11(5-10)7-15-21(19,20)13-6-12(16(17)18)8-14-9-13/h2-6,8-9,15H,7H2,1H3. The Hall–Kier alpha value is -2.32. The molecule has 1 aromatic heterocycles. The minimum Gasteiger partial charge on any atom is -0.258 e. The second-order valence-electron chi connectivity index (χ2n) is 4.45. The van der Waals surface area contributed by atoms with Crippen molar-refractivity contribution in [3.63, 3.8) is 0 Å². The molecule has 21 heavy (non-hydrogen) atoms. The van der Waals surface area contributed by atoms with Gasteiger partial charge < -0.3 is 0 Å². The molecule has 1 N–H and O–H groups in total. The van der Waals surface area contributed by atoms with E-state index in [-0.39, 0.29) is 17.1 Å². The van der Waals surface area contributed by atoms with Crippen LogP contribution >= 0.6 is 0 Å². The van der Waals surface area contributed by atoms with Crippen LogP contribution in [0.4, 0.5) is 5.69 Å². The maximum Gasteiger partial charge on any atom is 0.288 e. The highest BCUT2D eigenvalue weighted by Crippen LogP contribution is 2.15. The fourth-order valence-corrected chi connectivity index (χ4v) is 2.74. The first-order chi connectivity index (χ1) is 9.88. The van der Waals surface area contributed by atoms with Gasteiger partial charge in [-0.25, -0.2) is 13.1 Å². The zero-order valence-electron chi connectivity index (χ0n) is 11.2. The predicted molar refractivity (Wildman–Crippen MR) is 76.1 cm³/mol. The second kappa shape index (κ2) is 5.98. The van der Waals surface area contributed by atoms with Gasteiger partial charge in [0.1, 0.15) is 11.1 Å². The summed E-state index contributed by atoms with van der Waals surface area (Å²) in [7, 11) is -3.84. The Labute approximate surface area is 121 Å². The van der Waals surface area contributed by atoms with Crippen molar-refractivity contribution in [3.05, 3.63) is 64.0 Å². The Kier molecular flexibility index (Phi) is 4.29. The molecule has 2 aromatic rings. The molecule has 0 spiro atoms. The van der Waals surface area contributed by atoms with Crippen LogP contribution < -0.4 is 4.72 Å². The van der Waals surface area contributed by atoms with Gasteiger partial charge >= 0.3 is 0 Å². The van der Waals surface area contributed by atoms with Gasteiger partial charge in [-0.05, 0) is 12.5 Å². The first-order valence-corrected chi connectivity index (χ1v) is 7.51. The number of nitrogens with one attached hydrogen (secondary N) is 1. The molecule has 8 heteroatoms. The van der Waals surface area contributed by atoms with E-state index in [1.54, 1.807) is 6.07 Å². The van der Waals surface area contributed by atoms with Crippen molar-refractivity contribution in [2.75, 3.05) is 0 Å². The summed E-state index contributed by atoms with van der Waals surface area (Å²) in [6.07, 6.45) is 2.07. The molecule has 0 saturated carbocycles. The number of sulfonamides is 1. The lowest BCUT2D eigenvalue weighted by Gasteiger charge is -2.07. The average molecular weight is 307 g/mol. The first kappa shape index (κ1) is 15.1. The number of nitro groups is 1. The van der Waals surface area contributed by atoms with Crippen LogP contribution in [0.3, 0.4) is 0 Å². The van der Waals surface area contributed by atoms with Crippen LogP contribution in [0.25, 0.3) is 0 Å². The average Bonchev–Trinajstić information content (AvgIpc) is 2.45. The summed E-state index contributed by atoms with van der Waals surface area (Å²) < 4.78 is 26.6. The van der Waals surface area contributed by atoms with E-state index in [1.165, 1.54) is 0 Å². The summed E-state index contributed by atoms with van der Waals surface area (Å²) in [5.74, 6) is 0. The van der Waals surface area contributed by atoms with Crippen LogP contribution in [0.2, 0.25) is 0 Å². The van der Waals surface area contributed by atoms with E-state index in [9.17, 15) is 18.5 Å². The van der Waals surface area contributed by atoms with Gasteiger partial charge in [-0.2, -0.15) is 0 Å². The van der Waals surface area contributed by atoms with Crippen LogP contribution in [0, 0.1) is 17.0 Å². The molecule has 0 aliphatic rings. The maximum absolute atomic E-state index is 12.1. The van der Waals surface area contributed by atoms with Gasteiger partial charge in [0.15, 0.2) is 0 Å². The fourth-order valence-electron chi connectivity index (χ4n) is 1.74. The summed E-state index contributed by atoms with van der Waals surface area (Å²) in [6, 6.07) is 8.36. The van der Waals surface area contributed by atoms with Gasteiger partial charge in [-0.3, -0.25) is 15.1 Å². The highest BCUT2D eigenvalue weighted by Gasteiger charge is 2.18. The molecule has 0 fully saturated rings. The first-order valence-electron chi connectivity index (χ1n) is 6.03. The van der Waals surface area contributed by atoms with Crippen molar-refractivity contribution in [1.82, 2.24) is 9.71 Å². The zero-order chi connectivity index (χ0) is 15.5. The SMILES string of the molecule is Cc1cccc(CNS(=O)(=O)c2cncc([N+](=O)[O-])c2)c1. The number of benzene rings is 1. The van der Waals surface area contributed by atoms with E-state index in [2.05, 4.69) is 9.71 Å². The molecule has 0 unspecified atom stereocenters. The zero-order valence-corrected chi connectivity index (χ0v) is 12.0. The Bertz CT molecular complexity index is 774. The third kappa shape index (κ3) is 3.83. The van der Waals surface area contributed by atoms with Crippen molar-refractivity contribution in [3.8, 4) is 0 Å². The van der Waals surface area contributed by atoms with Crippen molar-refractivity contribution < 1.29 is 13.3 Å². The minimum atomic E-state index is -3.84. The lowest BCUT2D eigenvalue weighted by atomic mass is 10.1. The molecule has 0 bridgehead atoms. The fraction of sp³-hybridized carbons (Fsp3) is 0.154. The lowest BCUT2D eigenvalue weighted by Crippen LogP contribution is -2.23. The summed E-state index contributed by atoms with van der Waals surface area (Å²) in [5, 5.41) is 10.6. The van der Waals surface area contributed by atoms with Crippen LogP contribution in [-0.2, 0) is 16.6 Å². The monoisotopic (exact) mass is 307 g/mol. The molecule has 0 aliphatic carbocycles. The Balaban J connectivity index is 2.19. The number of pyridine rings is 1. The van der Waals surface area contributed by atoms with Crippen LogP contribution in [0.1, 0.15) is 11.1 Å². The van der Waals surface area contributed by atoms with E-state index >= 15 is 0 Å². The normalized spacial score (nSPS) is 11.3. The van der Waals surface area contributed by atoms with Crippen LogP contribution in [0.15, 0.2) is 47.6 Å². The highest BCUT2D eigenvalue weighted by atomic mass is 32.2. The van der Waals surface area contributed by atoms with E-state index in [0.717, 1.165) is 29.6 Å². The van der Waals surface area contributed by atoms with Gasteiger partial charge in [0, 0.05) is 18.8 Å². The van der Waals surface area contributed by atoms with Crippen LogP contribution in [0.5, 0.6) is 0 Å². The number of nitrogens with zero attached hydrogens (tertiary/aromatic N) is 2. The van der Waals surface area contributed by atoms with E-state index in [4.69, 9.17) is 0 Å². The minimum absolute atomic E-state index is 0.104. The molecule has 0 atom stereocenters. The van der Waals surface area contributed by atoms with E-state index in [1.807, 2.05) is 25.1 Å². The number of aryl methyl sites for hydroxylation is 1. The topological polar surface area (TPSA) is 102 Å². The van der Waals surface area contributed by atoms with Gasteiger partial charge in [0.2, 0.25) is 10.0 Å². The molecule has 1 heterocycles. The third-order valence-corrected chi connectivity index (χ3v) is 4.14. The molecule has 2 rings (SSSR count). The Morgan fingerprint density at radius 3 is 2.71 bits per heavy atom. The molecular formula is C13H13N3O4S. The molecule has 7 nitrogen and oxygen atoms in total. The predicted octanol–water partition coefficient (Wildman–Crippen LogP) is 1.78. The molecular weight excluding hydrogens is 294 g/mol. The molecule has 0 saturated heterocycles. The van der Waals surface area contributed by atoms with Crippen molar-refractivity contribution in [2.24, 2.45) is 0 Å². The number of hydrogen-bond donors (Lipinski definition) is 1. The largest absolute Gasteiger partial charge is 0.288 e. The number of rotatable bonds is 5. The molecule has 0 aliphatic heterocycles.